The number of anilines is 1. The van der Waals surface area contributed by atoms with Crippen LogP contribution in [-0.4, -0.2) is 19.1 Å². The molecular formula is C16H17FN2OS. The Bertz CT molecular complexity index is 660. The summed E-state index contributed by atoms with van der Waals surface area (Å²) in [7, 11) is 3.41. The van der Waals surface area contributed by atoms with Gasteiger partial charge >= 0.3 is 0 Å². The van der Waals surface area contributed by atoms with Gasteiger partial charge < -0.3 is 15.4 Å². The zero-order valence-corrected chi connectivity index (χ0v) is 12.8. The van der Waals surface area contributed by atoms with E-state index in [4.69, 9.17) is 22.7 Å². The predicted molar refractivity (Wildman–Crippen MR) is 87.4 cm³/mol. The van der Waals surface area contributed by atoms with Gasteiger partial charge in [0.25, 0.3) is 0 Å². The van der Waals surface area contributed by atoms with E-state index in [2.05, 4.69) is 0 Å². The van der Waals surface area contributed by atoms with Crippen molar-refractivity contribution in [1.82, 2.24) is 0 Å². The molecule has 0 aliphatic heterocycles. The molecule has 21 heavy (non-hydrogen) atoms. The molecule has 0 saturated heterocycles. The molecule has 0 radical (unpaired) electrons. The number of methoxy groups -OCH3 is 1. The van der Waals surface area contributed by atoms with Crippen LogP contribution in [0.3, 0.4) is 0 Å². The molecule has 2 N–H and O–H groups in total. The highest BCUT2D eigenvalue weighted by Crippen LogP contribution is 2.23. The molecule has 0 unspecified atom stereocenters. The lowest BCUT2D eigenvalue weighted by molar-refractivity contribution is 0.414. The average Bonchev–Trinajstić information content (AvgIpc) is 2.47. The maximum atomic E-state index is 13.8. The number of thiocarbonyl (C=S) groups is 1. The summed E-state index contributed by atoms with van der Waals surface area (Å²) in [4.78, 5) is 2.11. The van der Waals surface area contributed by atoms with E-state index in [0.717, 1.165) is 5.56 Å². The Morgan fingerprint density at radius 2 is 2.00 bits per heavy atom. The molecule has 2 aromatic rings. The molecule has 0 bridgehead atoms. The van der Waals surface area contributed by atoms with Crippen LogP contribution in [0.25, 0.3) is 0 Å². The third-order valence-electron chi connectivity index (χ3n) is 3.21. The van der Waals surface area contributed by atoms with Crippen molar-refractivity contribution in [1.29, 1.82) is 0 Å². The van der Waals surface area contributed by atoms with E-state index in [1.807, 2.05) is 36.2 Å². The summed E-state index contributed by atoms with van der Waals surface area (Å²) in [5, 5.41) is 0. The van der Waals surface area contributed by atoms with Crippen molar-refractivity contribution < 1.29 is 9.13 Å². The van der Waals surface area contributed by atoms with Gasteiger partial charge in [-0.3, -0.25) is 0 Å². The number of hydrogen-bond acceptors (Lipinski definition) is 3. The molecule has 0 spiro atoms. The van der Waals surface area contributed by atoms with Gasteiger partial charge in [-0.15, -0.1) is 0 Å². The second-order valence-electron chi connectivity index (χ2n) is 4.71. The molecule has 5 heteroatoms. The van der Waals surface area contributed by atoms with E-state index in [1.54, 1.807) is 19.2 Å². The van der Waals surface area contributed by atoms with Gasteiger partial charge in [0.1, 0.15) is 16.6 Å². The van der Waals surface area contributed by atoms with Gasteiger partial charge in [-0.1, -0.05) is 30.4 Å². The molecule has 110 valence electrons. The highest BCUT2D eigenvalue weighted by atomic mass is 32.1. The summed E-state index contributed by atoms with van der Waals surface area (Å²) in [6.07, 6.45) is 0. The Morgan fingerprint density at radius 1 is 1.29 bits per heavy atom. The first kappa shape index (κ1) is 15.3. The monoisotopic (exact) mass is 304 g/mol. The summed E-state index contributed by atoms with van der Waals surface area (Å²) >= 11 is 5.03. The van der Waals surface area contributed by atoms with E-state index in [0.29, 0.717) is 23.5 Å². The van der Waals surface area contributed by atoms with Gasteiger partial charge in [-0.2, -0.15) is 0 Å². The number of ether oxygens (including phenoxy) is 1. The highest BCUT2D eigenvalue weighted by Gasteiger charge is 2.10. The van der Waals surface area contributed by atoms with Crippen molar-refractivity contribution in [3.8, 4) is 5.75 Å². The van der Waals surface area contributed by atoms with Crippen molar-refractivity contribution in [2.75, 3.05) is 19.1 Å². The summed E-state index contributed by atoms with van der Waals surface area (Å²) in [5.74, 6) is 0.392. The fourth-order valence-corrected chi connectivity index (χ4v) is 2.33. The lowest BCUT2D eigenvalue weighted by atomic mass is 10.1. The quantitative estimate of drug-likeness (QED) is 0.862. The summed E-state index contributed by atoms with van der Waals surface area (Å²) < 4.78 is 19.0. The van der Waals surface area contributed by atoms with Crippen LogP contribution in [0.1, 0.15) is 11.1 Å². The SMILES string of the molecule is COc1ccc(CN(C)c2ccccc2F)cc1C(N)=S. The molecule has 0 amide bonds. The molecule has 0 heterocycles. The largest absolute Gasteiger partial charge is 0.496 e. The minimum absolute atomic E-state index is 0.247. The number of nitrogens with zero attached hydrogens (tertiary/aromatic N) is 1. The first-order valence-electron chi connectivity index (χ1n) is 6.45. The number of rotatable bonds is 5. The van der Waals surface area contributed by atoms with Crippen LogP contribution >= 0.6 is 12.2 Å². The minimum atomic E-state index is -0.247. The Balaban J connectivity index is 2.26. The second-order valence-corrected chi connectivity index (χ2v) is 5.15. The summed E-state index contributed by atoms with van der Waals surface area (Å²) in [6, 6.07) is 12.3. The topological polar surface area (TPSA) is 38.5 Å². The van der Waals surface area contributed by atoms with E-state index >= 15 is 0 Å². The zero-order chi connectivity index (χ0) is 15.4. The fraction of sp³-hybridized carbons (Fsp3) is 0.188. The molecule has 0 fully saturated rings. The normalized spacial score (nSPS) is 10.2. The summed E-state index contributed by atoms with van der Waals surface area (Å²) in [5.41, 5.74) is 7.91. The average molecular weight is 304 g/mol. The Morgan fingerprint density at radius 3 is 2.62 bits per heavy atom. The van der Waals surface area contributed by atoms with Crippen molar-refractivity contribution in [2.24, 2.45) is 5.73 Å². The van der Waals surface area contributed by atoms with Crippen LogP contribution in [-0.2, 0) is 6.54 Å². The fourth-order valence-electron chi connectivity index (χ4n) is 2.17. The smallest absolute Gasteiger partial charge is 0.146 e. The van der Waals surface area contributed by atoms with Crippen LogP contribution in [0, 0.1) is 5.82 Å². The number of para-hydroxylation sites is 1. The number of benzene rings is 2. The van der Waals surface area contributed by atoms with Gasteiger partial charge in [0, 0.05) is 13.6 Å². The number of nitrogens with two attached hydrogens (primary N) is 1. The van der Waals surface area contributed by atoms with Crippen molar-refractivity contribution in [3.05, 3.63) is 59.4 Å². The molecule has 2 aromatic carbocycles. The molecular weight excluding hydrogens is 287 g/mol. The highest BCUT2D eigenvalue weighted by molar-refractivity contribution is 7.80. The first-order valence-corrected chi connectivity index (χ1v) is 6.86. The van der Waals surface area contributed by atoms with Gasteiger partial charge in [0.2, 0.25) is 0 Å². The predicted octanol–water partition coefficient (Wildman–Crippen LogP) is 3.10. The van der Waals surface area contributed by atoms with Crippen molar-refractivity contribution >= 4 is 22.9 Å². The van der Waals surface area contributed by atoms with E-state index in [-0.39, 0.29) is 10.8 Å². The van der Waals surface area contributed by atoms with Crippen molar-refractivity contribution in [2.45, 2.75) is 6.54 Å². The molecule has 0 aliphatic rings. The molecule has 3 nitrogen and oxygen atoms in total. The van der Waals surface area contributed by atoms with Crippen LogP contribution < -0.4 is 15.4 Å². The molecule has 0 aliphatic carbocycles. The van der Waals surface area contributed by atoms with Crippen LogP contribution in [0.5, 0.6) is 5.75 Å². The van der Waals surface area contributed by atoms with Gasteiger partial charge in [0.15, 0.2) is 0 Å². The van der Waals surface area contributed by atoms with Crippen molar-refractivity contribution in [3.63, 3.8) is 0 Å². The number of halogens is 1. The van der Waals surface area contributed by atoms with Crippen LogP contribution in [0.15, 0.2) is 42.5 Å². The van der Waals surface area contributed by atoms with Gasteiger partial charge in [-0.05, 0) is 29.8 Å². The molecule has 2 rings (SSSR count). The Labute approximate surface area is 129 Å². The molecule has 0 aromatic heterocycles. The first-order chi connectivity index (χ1) is 10.0. The van der Waals surface area contributed by atoms with Gasteiger partial charge in [-0.25, -0.2) is 4.39 Å². The maximum Gasteiger partial charge on any atom is 0.146 e. The van der Waals surface area contributed by atoms with E-state index in [9.17, 15) is 4.39 Å². The Hall–Kier alpha value is -2.14. The third kappa shape index (κ3) is 3.49. The minimum Gasteiger partial charge on any atom is -0.496 e. The van der Waals surface area contributed by atoms with Gasteiger partial charge in [0.05, 0.1) is 18.4 Å². The lowest BCUT2D eigenvalue weighted by Crippen LogP contribution is -2.18. The maximum absolute atomic E-state index is 13.8. The lowest BCUT2D eigenvalue weighted by Gasteiger charge is -2.20. The third-order valence-corrected chi connectivity index (χ3v) is 3.43. The Kier molecular flexibility index (Phi) is 4.75. The van der Waals surface area contributed by atoms with Crippen LogP contribution in [0.2, 0.25) is 0 Å². The molecule has 0 atom stereocenters. The molecule has 0 saturated carbocycles. The van der Waals surface area contributed by atoms with Crippen LogP contribution in [0.4, 0.5) is 10.1 Å². The zero-order valence-electron chi connectivity index (χ0n) is 12.0. The second kappa shape index (κ2) is 6.54. The summed E-state index contributed by atoms with van der Waals surface area (Å²) in [6.45, 7) is 0.542. The van der Waals surface area contributed by atoms with E-state index in [1.165, 1.54) is 6.07 Å². The number of hydrogen-bond donors (Lipinski definition) is 1. The van der Waals surface area contributed by atoms with E-state index < -0.39 is 0 Å². The standard InChI is InChI=1S/C16H17FN2OS/c1-19(14-6-4-3-5-13(14)17)10-11-7-8-15(20-2)12(9-11)16(18)21/h3-9H,10H2,1-2H3,(H2,18,21).